The third-order valence-electron chi connectivity index (χ3n) is 2.41. The van der Waals surface area contributed by atoms with Gasteiger partial charge in [-0.25, -0.2) is 13.1 Å². The molecule has 4 nitrogen and oxygen atoms in total. The molecule has 0 spiro atoms. The molecule has 0 atom stereocenters. The van der Waals surface area contributed by atoms with Gasteiger partial charge in [-0.15, -0.1) is 0 Å². The number of nitrogens with one attached hydrogen (secondary N) is 2. The van der Waals surface area contributed by atoms with Crippen LogP contribution in [0.5, 0.6) is 0 Å². The summed E-state index contributed by atoms with van der Waals surface area (Å²) in [4.78, 5) is -0.185. The second-order valence-corrected chi connectivity index (χ2v) is 6.39. The number of halogens is 3. The van der Waals surface area contributed by atoms with Crippen molar-refractivity contribution < 1.29 is 21.6 Å². The fourth-order valence-corrected chi connectivity index (χ4v) is 2.38. The first-order chi connectivity index (χ1) is 9.10. The zero-order chi connectivity index (χ0) is 15.4. The Morgan fingerprint density at radius 2 is 1.70 bits per heavy atom. The molecule has 114 valence electrons. The highest BCUT2D eigenvalue weighted by Gasteiger charge is 2.29. The number of rotatable bonds is 6. The minimum Gasteiger partial charge on any atom is -0.310 e. The summed E-state index contributed by atoms with van der Waals surface area (Å²) in [7, 11) is -4.13. The molecule has 0 heterocycles. The Balaban J connectivity index is 2.72. The lowest BCUT2D eigenvalue weighted by Gasteiger charge is -2.11. The quantitative estimate of drug-likeness (QED) is 0.845. The van der Waals surface area contributed by atoms with Crippen LogP contribution in [0.3, 0.4) is 0 Å². The maximum absolute atomic E-state index is 12.0. The Morgan fingerprint density at radius 1 is 1.15 bits per heavy atom. The van der Waals surface area contributed by atoms with Crippen LogP contribution in [0.4, 0.5) is 13.2 Å². The van der Waals surface area contributed by atoms with E-state index in [1.165, 1.54) is 16.9 Å². The van der Waals surface area contributed by atoms with Gasteiger partial charge in [-0.05, 0) is 17.7 Å². The summed E-state index contributed by atoms with van der Waals surface area (Å²) < 4.78 is 60.8. The summed E-state index contributed by atoms with van der Waals surface area (Å²) >= 11 is 0. The first kappa shape index (κ1) is 16.9. The number of sulfonamides is 1. The maximum atomic E-state index is 12.0. The van der Waals surface area contributed by atoms with Crippen molar-refractivity contribution in [2.24, 2.45) is 0 Å². The van der Waals surface area contributed by atoms with Crippen molar-refractivity contribution in [2.75, 3.05) is 6.54 Å². The molecule has 0 unspecified atom stereocenters. The van der Waals surface area contributed by atoms with Crippen molar-refractivity contribution in [3.8, 4) is 0 Å². The number of hydrogen-bond acceptors (Lipinski definition) is 3. The van der Waals surface area contributed by atoms with Gasteiger partial charge in [0.05, 0.1) is 4.90 Å². The van der Waals surface area contributed by atoms with Crippen LogP contribution < -0.4 is 10.0 Å². The smallest absolute Gasteiger partial charge is 0.310 e. The van der Waals surface area contributed by atoms with Crippen molar-refractivity contribution >= 4 is 10.0 Å². The van der Waals surface area contributed by atoms with Crippen LogP contribution in [0.1, 0.15) is 19.4 Å². The van der Waals surface area contributed by atoms with E-state index in [2.05, 4.69) is 5.32 Å². The summed E-state index contributed by atoms with van der Waals surface area (Å²) in [5.41, 5.74) is 0.855. The van der Waals surface area contributed by atoms with Gasteiger partial charge >= 0.3 is 6.18 Å². The lowest BCUT2D eigenvalue weighted by molar-refractivity contribution is -0.121. The van der Waals surface area contributed by atoms with Crippen LogP contribution >= 0.6 is 0 Å². The first-order valence-corrected chi connectivity index (χ1v) is 7.47. The molecule has 1 aromatic rings. The van der Waals surface area contributed by atoms with Crippen LogP contribution in [0, 0.1) is 0 Å². The largest absolute Gasteiger partial charge is 0.402 e. The average molecular weight is 310 g/mol. The molecule has 2 N–H and O–H groups in total. The molecule has 0 fully saturated rings. The first-order valence-electron chi connectivity index (χ1n) is 5.99. The van der Waals surface area contributed by atoms with Gasteiger partial charge in [0, 0.05) is 12.6 Å². The number of benzene rings is 1. The van der Waals surface area contributed by atoms with Crippen molar-refractivity contribution in [2.45, 2.75) is 37.5 Å². The summed E-state index contributed by atoms with van der Waals surface area (Å²) in [6.45, 7) is 2.93. The fraction of sp³-hybridized carbons (Fsp3) is 0.500. The van der Waals surface area contributed by atoms with Gasteiger partial charge in [-0.2, -0.15) is 13.2 Å². The molecular formula is C12H17F3N2O2S. The van der Waals surface area contributed by atoms with Gasteiger partial charge < -0.3 is 5.32 Å². The molecule has 0 aliphatic carbocycles. The van der Waals surface area contributed by atoms with Crippen LogP contribution in [-0.2, 0) is 16.6 Å². The van der Waals surface area contributed by atoms with E-state index in [0.717, 1.165) is 5.56 Å². The van der Waals surface area contributed by atoms with E-state index < -0.39 is 22.7 Å². The molecule has 0 amide bonds. The summed E-state index contributed by atoms with van der Waals surface area (Å²) in [6, 6.07) is 5.99. The predicted octanol–water partition coefficient (Wildman–Crippen LogP) is 2.03. The molecule has 0 radical (unpaired) electrons. The Bertz CT molecular complexity index is 525. The molecule has 0 bridgehead atoms. The summed E-state index contributed by atoms with van der Waals surface area (Å²) in [5.74, 6) is 0. The van der Waals surface area contributed by atoms with Crippen LogP contribution in [-0.4, -0.2) is 27.2 Å². The SMILES string of the molecule is CC(C)NCc1ccc(S(=O)(=O)NCC(F)(F)F)cc1. The van der Waals surface area contributed by atoms with Gasteiger partial charge in [-0.3, -0.25) is 0 Å². The molecule has 0 saturated carbocycles. The molecule has 0 aliphatic rings. The second-order valence-electron chi connectivity index (χ2n) is 4.62. The van der Waals surface area contributed by atoms with E-state index in [-0.39, 0.29) is 10.9 Å². The van der Waals surface area contributed by atoms with Gasteiger partial charge in [0.25, 0.3) is 0 Å². The molecule has 1 rings (SSSR count). The molecule has 20 heavy (non-hydrogen) atoms. The van der Waals surface area contributed by atoms with Gasteiger partial charge in [-0.1, -0.05) is 26.0 Å². The molecular weight excluding hydrogens is 293 g/mol. The molecule has 8 heteroatoms. The van der Waals surface area contributed by atoms with Crippen LogP contribution in [0.15, 0.2) is 29.2 Å². The zero-order valence-electron chi connectivity index (χ0n) is 11.2. The molecule has 0 aliphatic heterocycles. The fourth-order valence-electron chi connectivity index (χ4n) is 1.37. The van der Waals surface area contributed by atoms with E-state index in [1.807, 2.05) is 13.8 Å². The van der Waals surface area contributed by atoms with Gasteiger partial charge in [0.15, 0.2) is 0 Å². The Morgan fingerprint density at radius 3 is 2.15 bits per heavy atom. The third kappa shape index (κ3) is 5.89. The Kier molecular flexibility index (Phi) is 5.55. The lowest BCUT2D eigenvalue weighted by Crippen LogP contribution is -2.33. The summed E-state index contributed by atoms with van der Waals surface area (Å²) in [6.07, 6.45) is -4.58. The van der Waals surface area contributed by atoms with Crippen LogP contribution in [0.2, 0.25) is 0 Å². The minimum atomic E-state index is -4.58. The van der Waals surface area contributed by atoms with Crippen molar-refractivity contribution in [1.82, 2.24) is 10.0 Å². The van der Waals surface area contributed by atoms with Crippen molar-refractivity contribution in [1.29, 1.82) is 0 Å². The normalized spacial score (nSPS) is 12.9. The Hall–Kier alpha value is -1.12. The minimum absolute atomic E-state index is 0.185. The number of hydrogen-bond donors (Lipinski definition) is 2. The van der Waals surface area contributed by atoms with E-state index >= 15 is 0 Å². The maximum Gasteiger partial charge on any atom is 0.402 e. The lowest BCUT2D eigenvalue weighted by atomic mass is 10.2. The molecule has 1 aromatic carbocycles. The second kappa shape index (κ2) is 6.55. The van der Waals surface area contributed by atoms with Gasteiger partial charge in [0.2, 0.25) is 10.0 Å². The van der Waals surface area contributed by atoms with E-state index in [1.54, 1.807) is 12.1 Å². The Labute approximate surface area is 116 Å². The highest BCUT2D eigenvalue weighted by Crippen LogP contribution is 2.15. The zero-order valence-corrected chi connectivity index (χ0v) is 12.0. The third-order valence-corrected chi connectivity index (χ3v) is 3.83. The van der Waals surface area contributed by atoms with E-state index in [4.69, 9.17) is 0 Å². The monoisotopic (exact) mass is 310 g/mol. The van der Waals surface area contributed by atoms with Crippen LogP contribution in [0.25, 0.3) is 0 Å². The standard InChI is InChI=1S/C12H17F3N2O2S/c1-9(2)16-7-10-3-5-11(6-4-10)20(18,19)17-8-12(13,14)15/h3-6,9,16-17H,7-8H2,1-2H3. The topological polar surface area (TPSA) is 58.2 Å². The summed E-state index contributed by atoms with van der Waals surface area (Å²) in [5, 5.41) is 3.15. The predicted molar refractivity (Wildman–Crippen MR) is 69.7 cm³/mol. The van der Waals surface area contributed by atoms with E-state index in [0.29, 0.717) is 6.54 Å². The van der Waals surface area contributed by atoms with Gasteiger partial charge in [0.1, 0.15) is 6.54 Å². The average Bonchev–Trinajstić information content (AvgIpc) is 2.34. The molecule has 0 aromatic heterocycles. The number of alkyl halides is 3. The van der Waals surface area contributed by atoms with Crippen molar-refractivity contribution in [3.05, 3.63) is 29.8 Å². The van der Waals surface area contributed by atoms with E-state index in [9.17, 15) is 21.6 Å². The highest BCUT2D eigenvalue weighted by atomic mass is 32.2. The molecule has 0 saturated heterocycles. The van der Waals surface area contributed by atoms with Crippen molar-refractivity contribution in [3.63, 3.8) is 0 Å². The highest BCUT2D eigenvalue weighted by molar-refractivity contribution is 7.89.